The number of methoxy groups -OCH3 is 1. The van der Waals surface area contributed by atoms with Crippen LogP contribution in [0.4, 0.5) is 18.0 Å². The summed E-state index contributed by atoms with van der Waals surface area (Å²) in [4.78, 5) is 13.4. The molecule has 128 valence electrons. The number of nitrogens with one attached hydrogen (secondary N) is 1. The third-order valence-electron chi connectivity index (χ3n) is 3.89. The molecule has 0 aromatic heterocycles. The fourth-order valence-corrected chi connectivity index (χ4v) is 2.65. The molecule has 1 fully saturated rings. The van der Waals surface area contributed by atoms with Crippen molar-refractivity contribution in [3.05, 3.63) is 29.8 Å². The number of benzene rings is 1. The molecule has 8 heteroatoms. The molecule has 2 amide bonds. The average molecular weight is 332 g/mol. The second-order valence-corrected chi connectivity index (χ2v) is 5.37. The Labute approximate surface area is 132 Å². The van der Waals surface area contributed by atoms with Gasteiger partial charge in [-0.2, -0.15) is 13.2 Å². The summed E-state index contributed by atoms with van der Waals surface area (Å²) in [6, 6.07) is 2.00. The van der Waals surface area contributed by atoms with Gasteiger partial charge in [0.1, 0.15) is 5.75 Å². The molecule has 2 unspecified atom stereocenters. The zero-order valence-electron chi connectivity index (χ0n) is 12.6. The van der Waals surface area contributed by atoms with Crippen LogP contribution in [0.1, 0.15) is 24.4 Å². The van der Waals surface area contributed by atoms with Crippen LogP contribution in [0.3, 0.4) is 0 Å². The number of hydrogen-bond acceptors (Lipinski definition) is 3. The standard InChI is InChI=1S/C15H19F3N2O3/c1-23-12-6-4-10(5-7-12)13(15(16,17)18)19-14(22)20-8-2-3-11(20)9-21/h4-7,11,13,21H,2-3,8-9H2,1H3,(H,19,22). The molecule has 0 saturated carbocycles. The molecule has 1 saturated heterocycles. The lowest BCUT2D eigenvalue weighted by Crippen LogP contribution is -2.48. The number of rotatable bonds is 4. The zero-order chi connectivity index (χ0) is 17.0. The number of likely N-dealkylation sites (tertiary alicyclic amines) is 1. The predicted molar refractivity (Wildman–Crippen MR) is 77.1 cm³/mol. The molecule has 0 bridgehead atoms. The van der Waals surface area contributed by atoms with Crippen LogP contribution in [0.5, 0.6) is 5.75 Å². The largest absolute Gasteiger partial charge is 0.497 e. The first-order valence-corrected chi connectivity index (χ1v) is 7.25. The van der Waals surface area contributed by atoms with Crippen LogP contribution in [0.2, 0.25) is 0 Å². The van der Waals surface area contributed by atoms with Crippen LogP contribution in [0.15, 0.2) is 24.3 Å². The average Bonchev–Trinajstić information content (AvgIpc) is 3.00. The van der Waals surface area contributed by atoms with Gasteiger partial charge in [0.15, 0.2) is 6.04 Å². The lowest BCUT2D eigenvalue weighted by atomic mass is 10.1. The van der Waals surface area contributed by atoms with E-state index in [-0.39, 0.29) is 12.2 Å². The van der Waals surface area contributed by atoms with Crippen molar-refractivity contribution in [2.24, 2.45) is 0 Å². The highest BCUT2D eigenvalue weighted by Crippen LogP contribution is 2.34. The number of halogens is 3. The number of amides is 2. The molecule has 1 aliphatic heterocycles. The van der Waals surface area contributed by atoms with E-state index in [0.29, 0.717) is 25.1 Å². The van der Waals surface area contributed by atoms with Crippen LogP contribution in [0, 0.1) is 0 Å². The number of carbonyl (C=O) groups excluding carboxylic acids is 1. The summed E-state index contributed by atoms with van der Waals surface area (Å²) in [5, 5.41) is 11.2. The van der Waals surface area contributed by atoms with Crippen LogP contribution in [-0.4, -0.2) is 48.5 Å². The highest BCUT2D eigenvalue weighted by molar-refractivity contribution is 5.75. The van der Waals surface area contributed by atoms with Crippen molar-refractivity contribution in [2.45, 2.75) is 31.1 Å². The number of alkyl halides is 3. The molecule has 0 aliphatic carbocycles. The highest BCUT2D eigenvalue weighted by Gasteiger charge is 2.43. The molecular formula is C15H19F3N2O3. The van der Waals surface area contributed by atoms with E-state index in [0.717, 1.165) is 0 Å². The Morgan fingerprint density at radius 3 is 2.61 bits per heavy atom. The summed E-state index contributed by atoms with van der Waals surface area (Å²) >= 11 is 0. The summed E-state index contributed by atoms with van der Waals surface area (Å²) in [6.07, 6.45) is -3.38. The van der Waals surface area contributed by atoms with Gasteiger partial charge in [0.05, 0.1) is 19.8 Å². The van der Waals surface area contributed by atoms with E-state index >= 15 is 0 Å². The van der Waals surface area contributed by atoms with Gasteiger partial charge >= 0.3 is 12.2 Å². The molecule has 0 radical (unpaired) electrons. The molecule has 2 N–H and O–H groups in total. The molecule has 1 heterocycles. The minimum atomic E-state index is -4.63. The van der Waals surface area contributed by atoms with Crippen molar-refractivity contribution in [2.75, 3.05) is 20.3 Å². The number of carbonyl (C=O) groups is 1. The molecule has 2 atom stereocenters. The predicted octanol–water partition coefficient (Wildman–Crippen LogP) is 2.46. The normalized spacial score (nSPS) is 19.5. The zero-order valence-corrected chi connectivity index (χ0v) is 12.6. The Balaban J connectivity index is 2.17. The molecule has 1 aromatic rings. The van der Waals surface area contributed by atoms with Crippen LogP contribution in [0.25, 0.3) is 0 Å². The van der Waals surface area contributed by atoms with Crippen molar-refractivity contribution in [3.63, 3.8) is 0 Å². The van der Waals surface area contributed by atoms with E-state index in [4.69, 9.17) is 4.74 Å². The lowest BCUT2D eigenvalue weighted by Gasteiger charge is -2.28. The van der Waals surface area contributed by atoms with Crippen molar-refractivity contribution in [3.8, 4) is 5.75 Å². The van der Waals surface area contributed by atoms with Gasteiger partial charge in [0.25, 0.3) is 0 Å². The first kappa shape index (κ1) is 17.4. The maximum Gasteiger partial charge on any atom is 0.412 e. The molecule has 2 rings (SSSR count). The van der Waals surface area contributed by atoms with Crippen molar-refractivity contribution < 1.29 is 27.8 Å². The smallest absolute Gasteiger partial charge is 0.412 e. The molecule has 0 spiro atoms. The van der Waals surface area contributed by atoms with E-state index in [1.165, 1.54) is 36.3 Å². The Morgan fingerprint density at radius 2 is 2.09 bits per heavy atom. The highest BCUT2D eigenvalue weighted by atomic mass is 19.4. The van der Waals surface area contributed by atoms with Gasteiger partial charge in [0.2, 0.25) is 0 Å². The van der Waals surface area contributed by atoms with Gasteiger partial charge < -0.3 is 20.1 Å². The van der Waals surface area contributed by atoms with Gasteiger partial charge in [-0.1, -0.05) is 12.1 Å². The third-order valence-corrected chi connectivity index (χ3v) is 3.89. The maximum atomic E-state index is 13.3. The van der Waals surface area contributed by atoms with Crippen LogP contribution >= 0.6 is 0 Å². The van der Waals surface area contributed by atoms with Crippen molar-refractivity contribution in [1.29, 1.82) is 0 Å². The van der Waals surface area contributed by atoms with Crippen molar-refractivity contribution >= 4 is 6.03 Å². The van der Waals surface area contributed by atoms with Gasteiger partial charge in [-0.15, -0.1) is 0 Å². The van der Waals surface area contributed by atoms with E-state index in [2.05, 4.69) is 0 Å². The summed E-state index contributed by atoms with van der Waals surface area (Å²) in [5.41, 5.74) is -0.0774. The monoisotopic (exact) mass is 332 g/mol. The van der Waals surface area contributed by atoms with Crippen LogP contribution < -0.4 is 10.1 Å². The Kier molecular flexibility index (Phi) is 5.35. The number of aliphatic hydroxyl groups is 1. The summed E-state index contributed by atoms with van der Waals surface area (Å²) in [5.74, 6) is 0.431. The Morgan fingerprint density at radius 1 is 1.43 bits per heavy atom. The minimum absolute atomic E-state index is 0.0774. The quantitative estimate of drug-likeness (QED) is 0.890. The number of ether oxygens (including phenoxy) is 1. The van der Waals surface area contributed by atoms with Crippen LogP contribution in [-0.2, 0) is 0 Å². The first-order chi connectivity index (χ1) is 10.9. The number of hydrogen-bond donors (Lipinski definition) is 2. The fourth-order valence-electron chi connectivity index (χ4n) is 2.65. The fraction of sp³-hybridized carbons (Fsp3) is 0.533. The van der Waals surface area contributed by atoms with E-state index in [1.54, 1.807) is 0 Å². The SMILES string of the molecule is COc1ccc(C(NC(=O)N2CCCC2CO)C(F)(F)F)cc1. The molecule has 1 aliphatic rings. The van der Waals surface area contributed by atoms with Gasteiger partial charge in [-0.3, -0.25) is 0 Å². The number of aliphatic hydroxyl groups excluding tert-OH is 1. The maximum absolute atomic E-state index is 13.3. The van der Waals surface area contributed by atoms with Gasteiger partial charge in [0, 0.05) is 6.54 Å². The lowest BCUT2D eigenvalue weighted by molar-refractivity contribution is -0.155. The van der Waals surface area contributed by atoms with E-state index < -0.39 is 24.3 Å². The number of urea groups is 1. The molecular weight excluding hydrogens is 313 g/mol. The van der Waals surface area contributed by atoms with Crippen molar-refractivity contribution in [1.82, 2.24) is 10.2 Å². The van der Waals surface area contributed by atoms with E-state index in [1.807, 2.05) is 5.32 Å². The number of nitrogens with zero attached hydrogens (tertiary/aromatic N) is 1. The summed E-state index contributed by atoms with van der Waals surface area (Å²) < 4.78 is 44.8. The second-order valence-electron chi connectivity index (χ2n) is 5.37. The molecule has 23 heavy (non-hydrogen) atoms. The molecule has 5 nitrogen and oxygen atoms in total. The minimum Gasteiger partial charge on any atom is -0.497 e. The first-order valence-electron chi connectivity index (χ1n) is 7.25. The second kappa shape index (κ2) is 7.08. The van der Waals surface area contributed by atoms with E-state index in [9.17, 15) is 23.1 Å². The summed E-state index contributed by atoms with van der Waals surface area (Å²) in [7, 11) is 1.42. The Hall–Kier alpha value is -1.96. The van der Waals surface area contributed by atoms with Gasteiger partial charge in [-0.25, -0.2) is 4.79 Å². The summed E-state index contributed by atoms with van der Waals surface area (Å²) in [6.45, 7) is 0.0802. The topological polar surface area (TPSA) is 61.8 Å². The Bertz CT molecular complexity index is 534. The third kappa shape index (κ3) is 4.07. The molecule has 1 aromatic carbocycles. The van der Waals surface area contributed by atoms with Gasteiger partial charge in [-0.05, 0) is 30.5 Å².